The Hall–Kier alpha value is -1.88. The van der Waals surface area contributed by atoms with E-state index in [0.717, 1.165) is 12.1 Å². The number of hydrogen-bond donors (Lipinski definition) is 2. The first-order chi connectivity index (χ1) is 8.99. The lowest BCUT2D eigenvalue weighted by Crippen LogP contribution is -2.41. The highest BCUT2D eigenvalue weighted by molar-refractivity contribution is 6.00. The van der Waals surface area contributed by atoms with Crippen molar-refractivity contribution in [2.24, 2.45) is 5.73 Å². The Morgan fingerprint density at radius 1 is 1.37 bits per heavy atom. The number of carbonyl (C=O) groups excluding carboxylic acids is 2. The molecule has 0 spiro atoms. The fourth-order valence-electron chi connectivity index (χ4n) is 2.30. The molecular weight excluding hydrogens is 242 g/mol. The van der Waals surface area contributed by atoms with Gasteiger partial charge in [-0.3, -0.25) is 9.59 Å². The molecule has 0 aromatic heterocycles. The normalized spacial score (nSPS) is 19.2. The first-order valence-electron chi connectivity index (χ1n) is 6.46. The molecule has 0 radical (unpaired) electrons. The van der Waals surface area contributed by atoms with Crippen LogP contribution in [0.3, 0.4) is 0 Å². The van der Waals surface area contributed by atoms with E-state index in [-0.39, 0.29) is 18.0 Å². The van der Waals surface area contributed by atoms with Crippen molar-refractivity contribution in [3.63, 3.8) is 0 Å². The van der Waals surface area contributed by atoms with Crippen LogP contribution in [-0.2, 0) is 4.79 Å². The van der Waals surface area contributed by atoms with Crippen molar-refractivity contribution in [2.75, 3.05) is 11.4 Å². The molecule has 5 heteroatoms. The summed E-state index contributed by atoms with van der Waals surface area (Å²) in [6.45, 7) is 4.74. The summed E-state index contributed by atoms with van der Waals surface area (Å²) < 4.78 is 0. The molecule has 0 saturated carbocycles. The molecule has 2 amide bonds. The summed E-state index contributed by atoms with van der Waals surface area (Å²) in [7, 11) is 0. The first-order valence-corrected chi connectivity index (χ1v) is 6.46. The van der Waals surface area contributed by atoms with Crippen molar-refractivity contribution in [3.8, 4) is 0 Å². The third-order valence-corrected chi connectivity index (χ3v) is 3.20. The van der Waals surface area contributed by atoms with Gasteiger partial charge in [-0.05, 0) is 30.7 Å². The van der Waals surface area contributed by atoms with Crippen LogP contribution in [0.1, 0.15) is 30.6 Å². The Bertz CT molecular complexity index is 482. The van der Waals surface area contributed by atoms with Crippen LogP contribution >= 0.6 is 0 Å². The van der Waals surface area contributed by atoms with E-state index < -0.39 is 5.91 Å². The number of rotatable bonds is 4. The zero-order chi connectivity index (χ0) is 14.0. The monoisotopic (exact) mass is 261 g/mol. The second-order valence-corrected chi connectivity index (χ2v) is 5.06. The Morgan fingerprint density at radius 2 is 2.00 bits per heavy atom. The van der Waals surface area contributed by atoms with Crippen molar-refractivity contribution >= 4 is 17.5 Å². The fraction of sp³-hybridized carbons (Fsp3) is 0.429. The predicted octanol–water partition coefficient (Wildman–Crippen LogP) is 0.889. The second-order valence-electron chi connectivity index (χ2n) is 5.06. The third kappa shape index (κ3) is 2.93. The predicted molar refractivity (Wildman–Crippen MR) is 74.0 cm³/mol. The topological polar surface area (TPSA) is 75.4 Å². The van der Waals surface area contributed by atoms with E-state index in [1.807, 2.05) is 13.8 Å². The number of nitrogens with zero attached hydrogens (tertiary/aromatic N) is 1. The summed E-state index contributed by atoms with van der Waals surface area (Å²) in [4.78, 5) is 25.0. The molecule has 1 aromatic rings. The van der Waals surface area contributed by atoms with Crippen molar-refractivity contribution < 1.29 is 9.59 Å². The Balaban J connectivity index is 2.11. The average molecular weight is 261 g/mol. The van der Waals surface area contributed by atoms with Crippen molar-refractivity contribution in [3.05, 3.63) is 29.8 Å². The summed E-state index contributed by atoms with van der Waals surface area (Å²) in [5.41, 5.74) is 6.45. The van der Waals surface area contributed by atoms with Crippen LogP contribution < -0.4 is 16.0 Å². The number of amides is 2. The van der Waals surface area contributed by atoms with E-state index in [4.69, 9.17) is 5.73 Å². The van der Waals surface area contributed by atoms with E-state index in [0.29, 0.717) is 12.1 Å². The SMILES string of the molecule is CC(C)NC1CCN(c2ccc(C(N)=O)cc2)C1=O. The molecule has 1 aromatic carbocycles. The van der Waals surface area contributed by atoms with E-state index in [1.54, 1.807) is 29.2 Å². The van der Waals surface area contributed by atoms with Gasteiger partial charge in [0.1, 0.15) is 0 Å². The average Bonchev–Trinajstić information content (AvgIpc) is 2.70. The van der Waals surface area contributed by atoms with Gasteiger partial charge >= 0.3 is 0 Å². The molecule has 1 heterocycles. The number of primary amides is 1. The van der Waals surface area contributed by atoms with Gasteiger partial charge in [-0.2, -0.15) is 0 Å². The summed E-state index contributed by atoms with van der Waals surface area (Å²) in [5.74, 6) is -0.376. The minimum absolute atomic E-state index is 0.0838. The lowest BCUT2D eigenvalue weighted by molar-refractivity contribution is -0.118. The molecule has 1 atom stereocenters. The maximum Gasteiger partial charge on any atom is 0.248 e. The summed E-state index contributed by atoms with van der Waals surface area (Å²) in [6.07, 6.45) is 0.800. The molecule has 1 aliphatic heterocycles. The highest BCUT2D eigenvalue weighted by atomic mass is 16.2. The molecule has 1 aliphatic rings. The van der Waals surface area contributed by atoms with E-state index in [2.05, 4.69) is 5.32 Å². The molecule has 19 heavy (non-hydrogen) atoms. The minimum atomic E-state index is -0.460. The number of anilines is 1. The van der Waals surface area contributed by atoms with Crippen LogP contribution in [-0.4, -0.2) is 30.4 Å². The zero-order valence-electron chi connectivity index (χ0n) is 11.2. The molecule has 1 unspecified atom stereocenters. The molecule has 102 valence electrons. The molecule has 5 nitrogen and oxygen atoms in total. The summed E-state index contributed by atoms with van der Waals surface area (Å²) in [6, 6.07) is 6.98. The molecule has 0 aliphatic carbocycles. The van der Waals surface area contributed by atoms with Crippen molar-refractivity contribution in [1.82, 2.24) is 5.32 Å². The lowest BCUT2D eigenvalue weighted by Gasteiger charge is -2.18. The Labute approximate surface area is 112 Å². The fourth-order valence-corrected chi connectivity index (χ4v) is 2.30. The van der Waals surface area contributed by atoms with Gasteiger partial charge in [0.25, 0.3) is 0 Å². The number of nitrogens with two attached hydrogens (primary N) is 1. The quantitative estimate of drug-likeness (QED) is 0.845. The van der Waals surface area contributed by atoms with Crippen LogP contribution in [0.25, 0.3) is 0 Å². The molecule has 1 saturated heterocycles. The zero-order valence-corrected chi connectivity index (χ0v) is 11.2. The number of benzene rings is 1. The van der Waals surface area contributed by atoms with Gasteiger partial charge in [0, 0.05) is 23.8 Å². The van der Waals surface area contributed by atoms with Gasteiger partial charge in [0.05, 0.1) is 6.04 Å². The molecular formula is C14H19N3O2. The largest absolute Gasteiger partial charge is 0.366 e. The Morgan fingerprint density at radius 3 is 2.53 bits per heavy atom. The summed E-state index contributed by atoms with van der Waals surface area (Å²) in [5, 5.41) is 3.26. The molecule has 1 fully saturated rings. The van der Waals surface area contributed by atoms with E-state index in [9.17, 15) is 9.59 Å². The highest BCUT2D eigenvalue weighted by Crippen LogP contribution is 2.22. The third-order valence-electron chi connectivity index (χ3n) is 3.20. The molecule has 3 N–H and O–H groups in total. The Kier molecular flexibility index (Phi) is 3.85. The van der Waals surface area contributed by atoms with E-state index >= 15 is 0 Å². The standard InChI is InChI=1S/C14H19N3O2/c1-9(2)16-12-7-8-17(14(12)19)11-5-3-10(4-6-11)13(15)18/h3-6,9,12,16H,7-8H2,1-2H3,(H2,15,18). The van der Waals surface area contributed by atoms with Gasteiger partial charge in [0.2, 0.25) is 11.8 Å². The molecule has 0 bridgehead atoms. The maximum atomic E-state index is 12.2. The van der Waals surface area contributed by atoms with Crippen molar-refractivity contribution in [1.29, 1.82) is 0 Å². The smallest absolute Gasteiger partial charge is 0.248 e. The van der Waals surface area contributed by atoms with Crippen molar-refractivity contribution in [2.45, 2.75) is 32.4 Å². The molecule has 2 rings (SSSR count). The first kappa shape index (κ1) is 13.5. The number of nitrogens with one attached hydrogen (secondary N) is 1. The number of carbonyl (C=O) groups is 2. The minimum Gasteiger partial charge on any atom is -0.366 e. The summed E-state index contributed by atoms with van der Waals surface area (Å²) >= 11 is 0. The van der Waals surface area contributed by atoms with Crippen LogP contribution in [0.5, 0.6) is 0 Å². The van der Waals surface area contributed by atoms with Crippen LogP contribution in [0.15, 0.2) is 24.3 Å². The van der Waals surface area contributed by atoms with Crippen LogP contribution in [0.2, 0.25) is 0 Å². The van der Waals surface area contributed by atoms with E-state index in [1.165, 1.54) is 0 Å². The van der Waals surface area contributed by atoms with Crippen LogP contribution in [0, 0.1) is 0 Å². The van der Waals surface area contributed by atoms with Gasteiger partial charge in [-0.15, -0.1) is 0 Å². The van der Waals surface area contributed by atoms with Gasteiger partial charge in [0.15, 0.2) is 0 Å². The highest BCUT2D eigenvalue weighted by Gasteiger charge is 2.32. The van der Waals surface area contributed by atoms with Gasteiger partial charge < -0.3 is 16.0 Å². The lowest BCUT2D eigenvalue weighted by atomic mass is 10.2. The number of hydrogen-bond acceptors (Lipinski definition) is 3. The van der Waals surface area contributed by atoms with Crippen LogP contribution in [0.4, 0.5) is 5.69 Å². The van der Waals surface area contributed by atoms with Gasteiger partial charge in [-0.25, -0.2) is 0 Å². The second kappa shape index (κ2) is 5.40. The van der Waals surface area contributed by atoms with Gasteiger partial charge in [-0.1, -0.05) is 13.8 Å². The maximum absolute atomic E-state index is 12.2.